The number of aromatic hydroxyl groups is 1. The molecule has 0 bridgehead atoms. The highest BCUT2D eigenvalue weighted by atomic mass is 16.3. The predicted molar refractivity (Wildman–Crippen MR) is 124 cm³/mol. The summed E-state index contributed by atoms with van der Waals surface area (Å²) >= 11 is 0. The standard InChI is InChI=1S/C26H35N3O2/c30-25-9-5-4-8-23(25)20-28-16-13-24(14-17-28)29-18-11-22(12-19-29)26(31)27-15-10-21-6-2-1-3-7-21/h1-9,22,24,30H,10-20H2,(H,27,31). The zero-order valence-electron chi connectivity index (χ0n) is 18.4. The van der Waals surface area contributed by atoms with Gasteiger partial charge < -0.3 is 15.3 Å². The van der Waals surface area contributed by atoms with E-state index < -0.39 is 0 Å². The van der Waals surface area contributed by atoms with Crippen molar-refractivity contribution in [2.75, 3.05) is 32.7 Å². The SMILES string of the molecule is O=C(NCCc1ccccc1)C1CCN(C2CCN(Cc3ccccc3O)CC2)CC1. The van der Waals surface area contributed by atoms with Crippen molar-refractivity contribution in [3.8, 4) is 5.75 Å². The predicted octanol–water partition coefficient (Wildman–Crippen LogP) is 3.43. The molecule has 2 heterocycles. The monoisotopic (exact) mass is 421 g/mol. The van der Waals surface area contributed by atoms with Crippen molar-refractivity contribution in [2.45, 2.75) is 44.7 Å². The van der Waals surface area contributed by atoms with Crippen LogP contribution in [-0.4, -0.2) is 59.6 Å². The van der Waals surface area contributed by atoms with Gasteiger partial charge in [0.1, 0.15) is 5.75 Å². The van der Waals surface area contributed by atoms with Gasteiger partial charge in [0.05, 0.1) is 0 Å². The fraction of sp³-hybridized carbons (Fsp3) is 0.500. The summed E-state index contributed by atoms with van der Waals surface area (Å²) in [5.74, 6) is 0.787. The number of hydrogen-bond donors (Lipinski definition) is 2. The van der Waals surface area contributed by atoms with Crippen LogP contribution in [-0.2, 0) is 17.8 Å². The molecule has 0 aromatic heterocycles. The van der Waals surface area contributed by atoms with E-state index in [1.165, 1.54) is 18.4 Å². The number of benzene rings is 2. The van der Waals surface area contributed by atoms with E-state index in [4.69, 9.17) is 0 Å². The number of nitrogens with one attached hydrogen (secondary N) is 1. The van der Waals surface area contributed by atoms with Crippen LogP contribution in [0.5, 0.6) is 5.75 Å². The van der Waals surface area contributed by atoms with Gasteiger partial charge in [0.25, 0.3) is 0 Å². The van der Waals surface area contributed by atoms with Gasteiger partial charge in [-0.05, 0) is 69.9 Å². The molecule has 5 nitrogen and oxygen atoms in total. The summed E-state index contributed by atoms with van der Waals surface area (Å²) in [6, 6.07) is 18.6. The van der Waals surface area contributed by atoms with Gasteiger partial charge >= 0.3 is 0 Å². The summed E-state index contributed by atoms with van der Waals surface area (Å²) in [5.41, 5.74) is 2.28. The highest BCUT2D eigenvalue weighted by molar-refractivity contribution is 5.78. The van der Waals surface area contributed by atoms with E-state index in [2.05, 4.69) is 27.2 Å². The van der Waals surface area contributed by atoms with Gasteiger partial charge in [-0.1, -0.05) is 48.5 Å². The average molecular weight is 422 g/mol. The minimum Gasteiger partial charge on any atom is -0.508 e. The molecule has 0 atom stereocenters. The third kappa shape index (κ3) is 6.08. The molecule has 0 saturated carbocycles. The second-order valence-corrected chi connectivity index (χ2v) is 8.97. The molecule has 166 valence electrons. The van der Waals surface area contributed by atoms with E-state index >= 15 is 0 Å². The molecule has 0 radical (unpaired) electrons. The lowest BCUT2D eigenvalue weighted by Crippen LogP contribution is -2.49. The quantitative estimate of drug-likeness (QED) is 0.719. The molecule has 2 aromatic rings. The van der Waals surface area contributed by atoms with Crippen LogP contribution in [0.25, 0.3) is 0 Å². The van der Waals surface area contributed by atoms with Crippen molar-refractivity contribution in [1.82, 2.24) is 15.1 Å². The maximum atomic E-state index is 12.6. The first-order valence-corrected chi connectivity index (χ1v) is 11.7. The third-order valence-electron chi connectivity index (χ3n) is 6.92. The molecule has 0 unspecified atom stereocenters. The Morgan fingerprint density at radius 3 is 2.29 bits per heavy atom. The summed E-state index contributed by atoms with van der Waals surface area (Å²) in [4.78, 5) is 17.6. The van der Waals surface area contributed by atoms with E-state index in [1.807, 2.05) is 36.4 Å². The van der Waals surface area contributed by atoms with Gasteiger partial charge in [-0.3, -0.25) is 9.69 Å². The smallest absolute Gasteiger partial charge is 0.223 e. The maximum Gasteiger partial charge on any atom is 0.223 e. The van der Waals surface area contributed by atoms with Crippen LogP contribution in [0.2, 0.25) is 0 Å². The molecule has 0 spiro atoms. The number of piperidine rings is 2. The van der Waals surface area contributed by atoms with Gasteiger partial charge in [-0.15, -0.1) is 0 Å². The zero-order chi connectivity index (χ0) is 21.5. The number of phenolic OH excluding ortho intramolecular Hbond substituents is 1. The van der Waals surface area contributed by atoms with Crippen molar-refractivity contribution < 1.29 is 9.90 Å². The Balaban J connectivity index is 1.15. The van der Waals surface area contributed by atoms with E-state index in [-0.39, 0.29) is 11.8 Å². The van der Waals surface area contributed by atoms with Crippen LogP contribution in [0, 0.1) is 5.92 Å². The molecular formula is C26H35N3O2. The van der Waals surface area contributed by atoms with Crippen LogP contribution >= 0.6 is 0 Å². The number of hydrogen-bond acceptors (Lipinski definition) is 4. The van der Waals surface area contributed by atoms with Crippen molar-refractivity contribution in [2.24, 2.45) is 5.92 Å². The fourth-order valence-electron chi connectivity index (χ4n) is 4.97. The van der Waals surface area contributed by atoms with Crippen LogP contribution in [0.1, 0.15) is 36.8 Å². The summed E-state index contributed by atoms with van der Waals surface area (Å²) in [6.45, 7) is 5.74. The van der Waals surface area contributed by atoms with Crippen molar-refractivity contribution in [3.05, 3.63) is 65.7 Å². The number of amides is 1. The Hall–Kier alpha value is -2.37. The maximum absolute atomic E-state index is 12.6. The Labute approximate surface area is 186 Å². The third-order valence-corrected chi connectivity index (χ3v) is 6.92. The van der Waals surface area contributed by atoms with E-state index in [1.54, 1.807) is 6.07 Å². The second-order valence-electron chi connectivity index (χ2n) is 8.97. The molecule has 2 N–H and O–H groups in total. The number of phenols is 1. The van der Waals surface area contributed by atoms with Crippen molar-refractivity contribution >= 4 is 5.91 Å². The summed E-state index contributed by atoms with van der Waals surface area (Å²) in [6.07, 6.45) is 5.17. The average Bonchev–Trinajstić information content (AvgIpc) is 2.82. The molecule has 5 heteroatoms. The molecule has 2 saturated heterocycles. The van der Waals surface area contributed by atoms with E-state index in [0.717, 1.165) is 64.1 Å². The van der Waals surface area contributed by atoms with Gasteiger partial charge in [0, 0.05) is 30.6 Å². The molecule has 31 heavy (non-hydrogen) atoms. The number of nitrogens with zero attached hydrogens (tertiary/aromatic N) is 2. The molecule has 2 aliphatic heterocycles. The van der Waals surface area contributed by atoms with E-state index in [9.17, 15) is 9.90 Å². The van der Waals surface area contributed by atoms with Crippen molar-refractivity contribution in [1.29, 1.82) is 0 Å². The highest BCUT2D eigenvalue weighted by Crippen LogP contribution is 2.26. The highest BCUT2D eigenvalue weighted by Gasteiger charge is 2.30. The lowest BCUT2D eigenvalue weighted by molar-refractivity contribution is -0.126. The number of likely N-dealkylation sites (tertiary alicyclic amines) is 2. The first-order valence-electron chi connectivity index (χ1n) is 11.7. The normalized spacial score (nSPS) is 19.4. The first-order chi connectivity index (χ1) is 15.2. The Kier molecular flexibility index (Phi) is 7.60. The number of rotatable bonds is 7. The largest absolute Gasteiger partial charge is 0.508 e. The second kappa shape index (κ2) is 10.8. The lowest BCUT2D eigenvalue weighted by atomic mass is 9.92. The number of carbonyl (C=O) groups excluding carboxylic acids is 1. The van der Waals surface area contributed by atoms with Gasteiger partial charge in [-0.2, -0.15) is 0 Å². The van der Waals surface area contributed by atoms with E-state index in [0.29, 0.717) is 11.8 Å². The first kappa shape index (κ1) is 21.8. The fourth-order valence-corrected chi connectivity index (χ4v) is 4.97. The molecule has 2 aliphatic rings. The Morgan fingerprint density at radius 1 is 0.903 bits per heavy atom. The molecule has 0 aliphatic carbocycles. The zero-order valence-corrected chi connectivity index (χ0v) is 18.4. The summed E-state index contributed by atoms with van der Waals surface area (Å²) < 4.78 is 0. The van der Waals surface area contributed by atoms with Gasteiger partial charge in [-0.25, -0.2) is 0 Å². The Bertz CT molecular complexity index is 826. The van der Waals surface area contributed by atoms with Gasteiger partial charge in [0.2, 0.25) is 5.91 Å². The van der Waals surface area contributed by atoms with Crippen LogP contribution < -0.4 is 5.32 Å². The minimum atomic E-state index is 0.160. The lowest BCUT2D eigenvalue weighted by Gasteiger charge is -2.41. The number of para-hydroxylation sites is 1. The van der Waals surface area contributed by atoms with Crippen LogP contribution in [0.4, 0.5) is 0 Å². The molecule has 4 rings (SSSR count). The van der Waals surface area contributed by atoms with Gasteiger partial charge in [0.15, 0.2) is 0 Å². The topological polar surface area (TPSA) is 55.8 Å². The Morgan fingerprint density at radius 2 is 1.58 bits per heavy atom. The summed E-state index contributed by atoms with van der Waals surface area (Å²) in [7, 11) is 0. The van der Waals surface area contributed by atoms with Crippen molar-refractivity contribution in [3.63, 3.8) is 0 Å². The summed E-state index contributed by atoms with van der Waals surface area (Å²) in [5, 5.41) is 13.2. The molecule has 1 amide bonds. The van der Waals surface area contributed by atoms with Crippen LogP contribution in [0.3, 0.4) is 0 Å². The molecule has 2 fully saturated rings. The van der Waals surface area contributed by atoms with Crippen LogP contribution in [0.15, 0.2) is 54.6 Å². The number of carbonyl (C=O) groups is 1. The molecular weight excluding hydrogens is 386 g/mol. The molecule has 2 aromatic carbocycles. The minimum absolute atomic E-state index is 0.160.